The maximum atomic E-state index is 11.8. The second-order valence-corrected chi connectivity index (χ2v) is 6.32. The second kappa shape index (κ2) is 8.11. The second-order valence-electron chi connectivity index (χ2n) is 6.32. The summed E-state index contributed by atoms with van der Waals surface area (Å²) in [6.45, 7) is 2.84. The number of aromatic nitrogens is 2. The van der Waals surface area contributed by atoms with E-state index in [1.807, 2.05) is 31.2 Å². The van der Waals surface area contributed by atoms with Gasteiger partial charge in [-0.25, -0.2) is 4.98 Å². The summed E-state index contributed by atoms with van der Waals surface area (Å²) in [5.74, 6) is 0.0417. The maximum Gasteiger partial charge on any atom is 0.254 e. The van der Waals surface area contributed by atoms with E-state index in [-0.39, 0.29) is 17.6 Å². The molecule has 2 atom stereocenters. The van der Waals surface area contributed by atoms with Gasteiger partial charge in [0.05, 0.1) is 18.0 Å². The number of amides is 1. The first-order chi connectivity index (χ1) is 13.0. The van der Waals surface area contributed by atoms with Crippen molar-refractivity contribution in [1.29, 1.82) is 0 Å². The van der Waals surface area contributed by atoms with E-state index in [0.29, 0.717) is 24.9 Å². The Morgan fingerprint density at radius 3 is 2.96 bits per heavy atom. The number of nitrogens with zero attached hydrogens (tertiary/aromatic N) is 3. The average molecular weight is 369 g/mol. The van der Waals surface area contributed by atoms with Crippen LogP contribution in [0.25, 0.3) is 6.08 Å². The first-order valence-corrected chi connectivity index (χ1v) is 8.59. The van der Waals surface area contributed by atoms with Gasteiger partial charge in [0.25, 0.3) is 5.91 Å². The van der Waals surface area contributed by atoms with Crippen molar-refractivity contribution in [3.8, 4) is 0 Å². The van der Waals surface area contributed by atoms with Crippen LogP contribution >= 0.6 is 0 Å². The quantitative estimate of drug-likeness (QED) is 0.492. The van der Waals surface area contributed by atoms with Gasteiger partial charge in [0.1, 0.15) is 11.4 Å². The van der Waals surface area contributed by atoms with Crippen LogP contribution in [0, 0.1) is 0 Å². The minimum Gasteiger partial charge on any atom is -0.383 e. The molecule has 0 fully saturated rings. The lowest BCUT2D eigenvalue weighted by molar-refractivity contribution is 0.100. The number of hydrogen-bond acceptors (Lipinski definition) is 8. The molecule has 2 aromatic rings. The van der Waals surface area contributed by atoms with Crippen LogP contribution in [0.3, 0.4) is 0 Å². The fourth-order valence-corrected chi connectivity index (χ4v) is 2.81. The molecule has 9 nitrogen and oxygen atoms in total. The smallest absolute Gasteiger partial charge is 0.254 e. The molecule has 27 heavy (non-hydrogen) atoms. The van der Waals surface area contributed by atoms with Crippen molar-refractivity contribution in [2.24, 2.45) is 16.5 Å². The normalized spacial score (nSPS) is 16.0. The molecule has 1 aromatic carbocycles. The standard InChI is InChI=1S/C18H23N7O2/c1-10-6-12-14(23-10)4-3-5-15(12)24-17-13(16(20)26)8-22-18(25-17)21-7-11(19)9-27-2/h3-6,8,10-11H,7,9,19H2,1-2H3,(H2,20,26)(H2,21,22,24,25)/t10-,11?/m1/s1. The van der Waals surface area contributed by atoms with Crippen LogP contribution in [-0.2, 0) is 4.74 Å². The SMILES string of the molecule is COCC(N)CNc1ncc(C(N)=O)c(Nc2cccc3c2=C[C@@H](C)N=3)n1. The lowest BCUT2D eigenvalue weighted by Crippen LogP contribution is -2.33. The van der Waals surface area contributed by atoms with E-state index in [0.717, 1.165) is 16.3 Å². The van der Waals surface area contributed by atoms with Gasteiger partial charge in [0, 0.05) is 36.8 Å². The number of anilines is 3. The van der Waals surface area contributed by atoms with Gasteiger partial charge in [0.15, 0.2) is 0 Å². The van der Waals surface area contributed by atoms with E-state index < -0.39 is 5.91 Å². The summed E-state index contributed by atoms with van der Waals surface area (Å²) in [5.41, 5.74) is 12.4. The zero-order valence-electron chi connectivity index (χ0n) is 15.3. The molecular weight excluding hydrogens is 346 g/mol. The monoisotopic (exact) mass is 369 g/mol. The van der Waals surface area contributed by atoms with Crippen molar-refractivity contribution >= 4 is 29.4 Å². The number of hydrogen-bond donors (Lipinski definition) is 4. The molecule has 3 rings (SSSR count). The third kappa shape index (κ3) is 4.39. The molecule has 1 unspecified atom stereocenters. The van der Waals surface area contributed by atoms with Crippen molar-refractivity contribution in [3.63, 3.8) is 0 Å². The van der Waals surface area contributed by atoms with Gasteiger partial charge in [-0.05, 0) is 25.1 Å². The Balaban J connectivity index is 1.89. The highest BCUT2D eigenvalue weighted by atomic mass is 16.5. The van der Waals surface area contributed by atoms with E-state index in [1.54, 1.807) is 7.11 Å². The number of fused-ring (bicyclic) bond motifs is 1. The number of carbonyl (C=O) groups is 1. The summed E-state index contributed by atoms with van der Waals surface area (Å²) >= 11 is 0. The van der Waals surface area contributed by atoms with Crippen LogP contribution in [0.15, 0.2) is 29.4 Å². The average Bonchev–Trinajstić information content (AvgIpc) is 3.01. The van der Waals surface area contributed by atoms with E-state index in [9.17, 15) is 4.79 Å². The first kappa shape index (κ1) is 18.7. The largest absolute Gasteiger partial charge is 0.383 e. The topological polar surface area (TPSA) is 141 Å². The van der Waals surface area contributed by atoms with Gasteiger partial charge < -0.3 is 26.8 Å². The molecule has 9 heteroatoms. The number of ether oxygens (including phenoxy) is 1. The Morgan fingerprint density at radius 2 is 2.22 bits per heavy atom. The molecule has 1 aliphatic heterocycles. The van der Waals surface area contributed by atoms with Gasteiger partial charge in [0.2, 0.25) is 5.95 Å². The van der Waals surface area contributed by atoms with Gasteiger partial charge in [-0.15, -0.1) is 0 Å². The molecule has 1 aromatic heterocycles. The zero-order valence-corrected chi connectivity index (χ0v) is 15.3. The van der Waals surface area contributed by atoms with Gasteiger partial charge >= 0.3 is 0 Å². The molecule has 1 amide bonds. The van der Waals surface area contributed by atoms with E-state index in [4.69, 9.17) is 16.2 Å². The molecule has 1 aliphatic rings. The minimum absolute atomic E-state index is 0.100. The van der Waals surface area contributed by atoms with Crippen LogP contribution in [0.5, 0.6) is 0 Å². The lowest BCUT2D eigenvalue weighted by atomic mass is 10.2. The Bertz CT molecular complexity index is 961. The van der Waals surface area contributed by atoms with Crippen LogP contribution < -0.4 is 32.7 Å². The fourth-order valence-electron chi connectivity index (χ4n) is 2.81. The Morgan fingerprint density at radius 1 is 1.41 bits per heavy atom. The van der Waals surface area contributed by atoms with Crippen molar-refractivity contribution < 1.29 is 9.53 Å². The van der Waals surface area contributed by atoms with E-state index >= 15 is 0 Å². The summed E-state index contributed by atoms with van der Waals surface area (Å²) in [6.07, 6.45) is 3.44. The highest BCUT2D eigenvalue weighted by Crippen LogP contribution is 2.17. The molecule has 0 aliphatic carbocycles. The number of methoxy groups -OCH3 is 1. The van der Waals surface area contributed by atoms with E-state index in [1.165, 1.54) is 6.20 Å². The molecule has 6 N–H and O–H groups in total. The Labute approximate surface area is 156 Å². The Kier molecular flexibility index (Phi) is 5.63. The van der Waals surface area contributed by atoms with Gasteiger partial charge in [-0.3, -0.25) is 9.79 Å². The first-order valence-electron chi connectivity index (χ1n) is 8.59. The molecule has 0 radical (unpaired) electrons. The molecule has 0 saturated carbocycles. The maximum absolute atomic E-state index is 11.8. The number of nitrogens with one attached hydrogen (secondary N) is 2. The number of rotatable bonds is 8. The molecule has 142 valence electrons. The molecule has 2 heterocycles. The molecular formula is C18H23N7O2. The Hall–Kier alpha value is -3.04. The fraction of sp³-hybridized carbons (Fsp3) is 0.333. The molecule has 0 saturated heterocycles. The van der Waals surface area contributed by atoms with Crippen LogP contribution in [0.2, 0.25) is 0 Å². The highest BCUT2D eigenvalue weighted by molar-refractivity contribution is 5.98. The highest BCUT2D eigenvalue weighted by Gasteiger charge is 2.15. The predicted molar refractivity (Wildman–Crippen MR) is 103 cm³/mol. The van der Waals surface area contributed by atoms with Crippen molar-refractivity contribution in [2.75, 3.05) is 30.9 Å². The van der Waals surface area contributed by atoms with Crippen molar-refractivity contribution in [3.05, 3.63) is 40.5 Å². The number of benzene rings is 1. The van der Waals surface area contributed by atoms with Gasteiger partial charge in [-0.1, -0.05) is 6.07 Å². The zero-order chi connectivity index (χ0) is 19.4. The summed E-state index contributed by atoms with van der Waals surface area (Å²) in [6, 6.07) is 5.63. The minimum atomic E-state index is -0.616. The molecule has 0 spiro atoms. The summed E-state index contributed by atoms with van der Waals surface area (Å²) in [4.78, 5) is 24.8. The summed E-state index contributed by atoms with van der Waals surface area (Å²) < 4.78 is 5.00. The van der Waals surface area contributed by atoms with Crippen LogP contribution in [0.1, 0.15) is 17.3 Å². The van der Waals surface area contributed by atoms with Crippen LogP contribution in [0.4, 0.5) is 17.5 Å². The number of primary amides is 1. The van der Waals surface area contributed by atoms with E-state index in [2.05, 4.69) is 25.6 Å². The van der Waals surface area contributed by atoms with Crippen LogP contribution in [-0.4, -0.2) is 48.2 Å². The number of nitrogens with two attached hydrogens (primary N) is 2. The third-order valence-electron chi connectivity index (χ3n) is 4.04. The summed E-state index contributed by atoms with van der Waals surface area (Å²) in [5, 5.41) is 8.09. The van der Waals surface area contributed by atoms with Gasteiger partial charge in [-0.2, -0.15) is 4.98 Å². The van der Waals surface area contributed by atoms with Crippen molar-refractivity contribution in [2.45, 2.75) is 19.0 Å². The molecule has 0 bridgehead atoms. The predicted octanol–water partition coefficient (Wildman–Crippen LogP) is -0.493. The number of carbonyl (C=O) groups excluding carboxylic acids is 1. The van der Waals surface area contributed by atoms with Crippen molar-refractivity contribution in [1.82, 2.24) is 9.97 Å². The summed E-state index contributed by atoms with van der Waals surface area (Å²) in [7, 11) is 1.59. The lowest BCUT2D eigenvalue weighted by Gasteiger charge is -2.14. The third-order valence-corrected chi connectivity index (χ3v) is 4.04.